The molecule has 1 unspecified atom stereocenters. The normalized spacial score (nSPS) is 14.0. The summed E-state index contributed by atoms with van der Waals surface area (Å²) >= 11 is 0. The quantitative estimate of drug-likeness (QED) is 0.407. The standard InChI is InChI=1S/C22H21NO6/c1-13(2)19(23-20(25)16-9-4-5-10-17(16)21(23)26)22(27)29-12-18(24)14-7-6-8-15(11-14)28-3/h4-11,13,19H,12H2,1-3H3. The zero-order valence-corrected chi connectivity index (χ0v) is 16.4. The molecule has 0 fully saturated rings. The number of benzene rings is 2. The van der Waals surface area contributed by atoms with E-state index in [0.717, 1.165) is 4.90 Å². The Balaban J connectivity index is 1.75. The van der Waals surface area contributed by atoms with E-state index in [1.165, 1.54) is 7.11 Å². The van der Waals surface area contributed by atoms with E-state index in [2.05, 4.69) is 0 Å². The fourth-order valence-corrected chi connectivity index (χ4v) is 3.24. The smallest absolute Gasteiger partial charge is 0.330 e. The number of fused-ring (bicyclic) bond motifs is 1. The van der Waals surface area contributed by atoms with Gasteiger partial charge in [-0.25, -0.2) is 4.79 Å². The van der Waals surface area contributed by atoms with Gasteiger partial charge in [-0.1, -0.05) is 38.1 Å². The number of carbonyl (C=O) groups is 4. The van der Waals surface area contributed by atoms with Crippen molar-refractivity contribution in [1.82, 2.24) is 4.90 Å². The van der Waals surface area contributed by atoms with E-state index in [9.17, 15) is 19.2 Å². The average Bonchev–Trinajstić information content (AvgIpc) is 2.97. The Hall–Kier alpha value is -3.48. The molecule has 1 atom stereocenters. The lowest BCUT2D eigenvalue weighted by molar-refractivity contribution is -0.148. The van der Waals surface area contributed by atoms with Crippen LogP contribution < -0.4 is 4.74 Å². The van der Waals surface area contributed by atoms with Gasteiger partial charge in [-0.05, 0) is 30.2 Å². The summed E-state index contributed by atoms with van der Waals surface area (Å²) in [5, 5.41) is 0. The third-order valence-electron chi connectivity index (χ3n) is 4.71. The van der Waals surface area contributed by atoms with Crippen LogP contribution in [0.4, 0.5) is 0 Å². The second-order valence-electron chi connectivity index (χ2n) is 6.98. The maximum Gasteiger partial charge on any atom is 0.330 e. The Kier molecular flexibility index (Phi) is 5.77. The van der Waals surface area contributed by atoms with Crippen LogP contribution in [-0.2, 0) is 9.53 Å². The minimum atomic E-state index is -1.12. The van der Waals surface area contributed by atoms with Crippen LogP contribution >= 0.6 is 0 Å². The number of Topliss-reactive ketones (excluding diaryl/α,β-unsaturated/α-hetero) is 1. The van der Waals surface area contributed by atoms with E-state index in [1.54, 1.807) is 62.4 Å². The lowest BCUT2D eigenvalue weighted by Crippen LogP contribution is -2.49. The Labute approximate surface area is 168 Å². The van der Waals surface area contributed by atoms with Gasteiger partial charge in [0, 0.05) is 5.56 Å². The second-order valence-corrected chi connectivity index (χ2v) is 6.98. The molecule has 0 saturated carbocycles. The fourth-order valence-electron chi connectivity index (χ4n) is 3.24. The zero-order chi connectivity index (χ0) is 21.1. The zero-order valence-electron chi connectivity index (χ0n) is 16.4. The number of ether oxygens (including phenoxy) is 2. The largest absolute Gasteiger partial charge is 0.497 e. The number of esters is 1. The topological polar surface area (TPSA) is 90.0 Å². The molecule has 3 rings (SSSR count). The van der Waals surface area contributed by atoms with Gasteiger partial charge in [-0.3, -0.25) is 19.3 Å². The third kappa shape index (κ3) is 3.89. The lowest BCUT2D eigenvalue weighted by atomic mass is 10.0. The van der Waals surface area contributed by atoms with E-state index in [-0.39, 0.29) is 11.1 Å². The number of imide groups is 1. The predicted molar refractivity (Wildman–Crippen MR) is 104 cm³/mol. The minimum Gasteiger partial charge on any atom is -0.497 e. The van der Waals surface area contributed by atoms with Crippen molar-refractivity contribution < 1.29 is 28.7 Å². The van der Waals surface area contributed by atoms with Crippen LogP contribution in [0.15, 0.2) is 48.5 Å². The fraction of sp³-hybridized carbons (Fsp3) is 0.273. The van der Waals surface area contributed by atoms with Crippen molar-refractivity contribution in [1.29, 1.82) is 0 Å². The highest BCUT2D eigenvalue weighted by Crippen LogP contribution is 2.27. The molecular weight excluding hydrogens is 374 g/mol. The number of hydrogen-bond donors (Lipinski definition) is 0. The Morgan fingerprint density at radius 3 is 2.14 bits per heavy atom. The van der Waals surface area contributed by atoms with Gasteiger partial charge in [0.05, 0.1) is 18.2 Å². The first-order valence-corrected chi connectivity index (χ1v) is 9.16. The van der Waals surface area contributed by atoms with Crippen molar-refractivity contribution in [2.24, 2.45) is 5.92 Å². The van der Waals surface area contributed by atoms with Gasteiger partial charge in [-0.2, -0.15) is 0 Å². The maximum atomic E-state index is 12.7. The molecule has 0 N–H and O–H groups in total. The molecule has 2 aromatic carbocycles. The summed E-state index contributed by atoms with van der Waals surface area (Å²) in [5.41, 5.74) is 0.839. The molecule has 150 valence electrons. The molecule has 0 saturated heterocycles. The molecule has 2 aromatic rings. The summed E-state index contributed by atoms with van der Waals surface area (Å²) in [7, 11) is 1.49. The van der Waals surface area contributed by atoms with Gasteiger partial charge in [-0.15, -0.1) is 0 Å². The summed E-state index contributed by atoms with van der Waals surface area (Å²) in [4.78, 5) is 51.4. The lowest BCUT2D eigenvalue weighted by Gasteiger charge is -2.27. The SMILES string of the molecule is COc1cccc(C(=O)COC(=O)C(C(C)C)N2C(=O)c3ccccc3C2=O)c1. The molecule has 1 heterocycles. The Morgan fingerprint density at radius 1 is 0.966 bits per heavy atom. The van der Waals surface area contributed by atoms with E-state index in [0.29, 0.717) is 11.3 Å². The molecular formula is C22H21NO6. The number of rotatable bonds is 7. The minimum absolute atomic E-state index is 0.253. The molecule has 0 spiro atoms. The van der Waals surface area contributed by atoms with Gasteiger partial charge >= 0.3 is 5.97 Å². The van der Waals surface area contributed by atoms with Crippen molar-refractivity contribution in [3.05, 3.63) is 65.2 Å². The van der Waals surface area contributed by atoms with Gasteiger partial charge in [0.2, 0.25) is 0 Å². The van der Waals surface area contributed by atoms with E-state index in [4.69, 9.17) is 9.47 Å². The van der Waals surface area contributed by atoms with Crippen molar-refractivity contribution in [3.8, 4) is 5.75 Å². The Bertz CT molecular complexity index is 946. The number of methoxy groups -OCH3 is 1. The van der Waals surface area contributed by atoms with Crippen LogP contribution in [0, 0.1) is 5.92 Å². The maximum absolute atomic E-state index is 12.7. The Morgan fingerprint density at radius 2 is 1.59 bits per heavy atom. The number of amides is 2. The molecule has 7 nitrogen and oxygen atoms in total. The first-order valence-electron chi connectivity index (χ1n) is 9.16. The summed E-state index contributed by atoms with van der Waals surface area (Å²) in [6.45, 7) is 2.91. The third-order valence-corrected chi connectivity index (χ3v) is 4.71. The molecule has 0 aromatic heterocycles. The number of carbonyl (C=O) groups excluding carboxylic acids is 4. The van der Waals surface area contributed by atoms with E-state index < -0.39 is 42.1 Å². The molecule has 0 aliphatic carbocycles. The van der Waals surface area contributed by atoms with Crippen molar-refractivity contribution in [3.63, 3.8) is 0 Å². The van der Waals surface area contributed by atoms with E-state index in [1.807, 2.05) is 0 Å². The van der Waals surface area contributed by atoms with Crippen molar-refractivity contribution >= 4 is 23.6 Å². The first kappa shape index (κ1) is 20.3. The van der Waals surface area contributed by atoms with Crippen molar-refractivity contribution in [2.45, 2.75) is 19.9 Å². The molecule has 1 aliphatic rings. The molecule has 29 heavy (non-hydrogen) atoms. The highest BCUT2D eigenvalue weighted by Gasteiger charge is 2.44. The van der Waals surface area contributed by atoms with Crippen LogP contribution in [0.2, 0.25) is 0 Å². The highest BCUT2D eigenvalue weighted by atomic mass is 16.5. The highest BCUT2D eigenvalue weighted by molar-refractivity contribution is 6.22. The predicted octanol–water partition coefficient (Wildman–Crippen LogP) is 2.74. The van der Waals surface area contributed by atoms with Crippen LogP contribution in [0.3, 0.4) is 0 Å². The van der Waals surface area contributed by atoms with Crippen LogP contribution in [0.25, 0.3) is 0 Å². The van der Waals surface area contributed by atoms with Crippen LogP contribution in [0.5, 0.6) is 5.75 Å². The molecule has 1 aliphatic heterocycles. The monoisotopic (exact) mass is 395 g/mol. The molecule has 7 heteroatoms. The second kappa shape index (κ2) is 8.26. The molecule has 2 amide bonds. The van der Waals surface area contributed by atoms with Gasteiger partial charge < -0.3 is 9.47 Å². The average molecular weight is 395 g/mol. The number of ketones is 1. The van der Waals surface area contributed by atoms with Crippen molar-refractivity contribution in [2.75, 3.05) is 13.7 Å². The molecule has 0 bridgehead atoms. The number of hydrogen-bond acceptors (Lipinski definition) is 6. The number of nitrogens with zero attached hydrogens (tertiary/aromatic N) is 1. The summed E-state index contributed by atoms with van der Waals surface area (Å²) in [5.74, 6) is -2.18. The van der Waals surface area contributed by atoms with Crippen LogP contribution in [-0.4, -0.2) is 48.2 Å². The summed E-state index contributed by atoms with van der Waals surface area (Å²) in [6.07, 6.45) is 0. The summed E-state index contributed by atoms with van der Waals surface area (Å²) in [6, 6.07) is 11.8. The van der Waals surface area contributed by atoms with Crippen LogP contribution in [0.1, 0.15) is 44.9 Å². The van der Waals surface area contributed by atoms with Gasteiger partial charge in [0.25, 0.3) is 11.8 Å². The summed E-state index contributed by atoms with van der Waals surface area (Å²) < 4.78 is 10.3. The van der Waals surface area contributed by atoms with Gasteiger partial charge in [0.15, 0.2) is 12.4 Å². The van der Waals surface area contributed by atoms with E-state index >= 15 is 0 Å². The molecule has 0 radical (unpaired) electrons. The first-order chi connectivity index (χ1) is 13.8. The van der Waals surface area contributed by atoms with Gasteiger partial charge in [0.1, 0.15) is 11.8 Å².